The Labute approximate surface area is 144 Å². The molecule has 0 aliphatic carbocycles. The molecule has 1 amide bonds. The summed E-state index contributed by atoms with van der Waals surface area (Å²) in [5.74, 6) is 1.42. The number of ether oxygens (including phenoxy) is 2. The zero-order valence-electron chi connectivity index (χ0n) is 12.8. The van der Waals surface area contributed by atoms with E-state index in [9.17, 15) is 4.79 Å². The minimum atomic E-state index is -0.0192. The van der Waals surface area contributed by atoms with Crippen molar-refractivity contribution in [1.29, 1.82) is 0 Å². The molecule has 2 rings (SSSR count). The molecule has 0 heterocycles. The predicted octanol–water partition coefficient (Wildman–Crippen LogP) is 3.58. The number of nitrogens with zero attached hydrogens (tertiary/aromatic N) is 1. The molecular weight excluding hydrogens is 393 g/mol. The molecule has 116 valence electrons. The monoisotopic (exact) mass is 411 g/mol. The van der Waals surface area contributed by atoms with Crippen molar-refractivity contribution in [3.63, 3.8) is 0 Å². The van der Waals surface area contributed by atoms with Crippen molar-refractivity contribution in [1.82, 2.24) is 4.90 Å². The normalized spacial score (nSPS) is 10.2. The van der Waals surface area contributed by atoms with Crippen LogP contribution in [0.4, 0.5) is 0 Å². The Morgan fingerprint density at radius 1 is 1.09 bits per heavy atom. The van der Waals surface area contributed by atoms with E-state index in [-0.39, 0.29) is 5.91 Å². The first kappa shape index (κ1) is 16.6. The first-order valence-corrected chi connectivity index (χ1v) is 7.85. The van der Waals surface area contributed by atoms with Gasteiger partial charge < -0.3 is 14.4 Å². The quantitative estimate of drug-likeness (QED) is 0.707. The van der Waals surface area contributed by atoms with Gasteiger partial charge in [-0.25, -0.2) is 0 Å². The SMILES string of the molecule is COc1ccc(CN(C)C(=O)c2ccc(I)cc2)c(OC)c1. The second kappa shape index (κ2) is 7.49. The number of benzene rings is 2. The molecule has 0 spiro atoms. The maximum atomic E-state index is 12.4. The summed E-state index contributed by atoms with van der Waals surface area (Å²) in [7, 11) is 5.00. The molecule has 0 saturated carbocycles. The summed E-state index contributed by atoms with van der Waals surface area (Å²) >= 11 is 2.22. The number of hydrogen-bond acceptors (Lipinski definition) is 3. The highest BCUT2D eigenvalue weighted by molar-refractivity contribution is 14.1. The number of halogens is 1. The van der Waals surface area contributed by atoms with Crippen LogP contribution in [0, 0.1) is 3.57 Å². The van der Waals surface area contributed by atoms with Crippen LogP contribution >= 0.6 is 22.6 Å². The van der Waals surface area contributed by atoms with Gasteiger partial charge in [0.25, 0.3) is 5.91 Å². The number of methoxy groups -OCH3 is 2. The predicted molar refractivity (Wildman–Crippen MR) is 94.5 cm³/mol. The molecule has 2 aromatic carbocycles. The zero-order valence-corrected chi connectivity index (χ0v) is 15.0. The molecule has 5 heteroatoms. The van der Waals surface area contributed by atoms with Crippen LogP contribution in [0.25, 0.3) is 0 Å². The van der Waals surface area contributed by atoms with E-state index in [1.165, 1.54) is 0 Å². The van der Waals surface area contributed by atoms with Crippen LogP contribution in [-0.4, -0.2) is 32.1 Å². The molecule has 0 aromatic heterocycles. The second-order valence-electron chi connectivity index (χ2n) is 4.85. The van der Waals surface area contributed by atoms with Gasteiger partial charge in [0.15, 0.2) is 0 Å². The van der Waals surface area contributed by atoms with Gasteiger partial charge in [-0.1, -0.05) is 0 Å². The molecule has 0 atom stereocenters. The van der Waals surface area contributed by atoms with Gasteiger partial charge in [0, 0.05) is 34.4 Å². The van der Waals surface area contributed by atoms with Crippen LogP contribution in [-0.2, 0) is 6.54 Å². The van der Waals surface area contributed by atoms with Crippen LogP contribution < -0.4 is 9.47 Å². The van der Waals surface area contributed by atoms with Crippen LogP contribution in [0.1, 0.15) is 15.9 Å². The lowest BCUT2D eigenvalue weighted by molar-refractivity contribution is 0.0784. The highest BCUT2D eigenvalue weighted by atomic mass is 127. The lowest BCUT2D eigenvalue weighted by atomic mass is 10.1. The maximum Gasteiger partial charge on any atom is 0.253 e. The number of carbonyl (C=O) groups is 1. The molecule has 0 bridgehead atoms. The van der Waals surface area contributed by atoms with E-state index in [1.54, 1.807) is 26.2 Å². The molecule has 0 aliphatic rings. The van der Waals surface area contributed by atoms with Gasteiger partial charge in [-0.05, 0) is 59.0 Å². The standard InChI is InChI=1S/C17H18INO3/c1-19(17(20)12-4-7-14(18)8-5-12)11-13-6-9-15(21-2)10-16(13)22-3/h4-10H,11H2,1-3H3. The molecule has 0 aliphatic heterocycles. The molecule has 0 saturated heterocycles. The Hall–Kier alpha value is -1.76. The smallest absolute Gasteiger partial charge is 0.253 e. The van der Waals surface area contributed by atoms with Crippen molar-refractivity contribution in [3.05, 3.63) is 57.2 Å². The van der Waals surface area contributed by atoms with Crippen molar-refractivity contribution < 1.29 is 14.3 Å². The summed E-state index contributed by atoms with van der Waals surface area (Å²) in [6.07, 6.45) is 0. The summed E-state index contributed by atoms with van der Waals surface area (Å²) in [5, 5.41) is 0. The Bertz CT molecular complexity index is 655. The summed E-state index contributed by atoms with van der Waals surface area (Å²) in [6, 6.07) is 13.1. The average Bonchev–Trinajstić information content (AvgIpc) is 2.55. The van der Waals surface area contributed by atoms with Crippen molar-refractivity contribution in [2.45, 2.75) is 6.54 Å². The van der Waals surface area contributed by atoms with Crippen molar-refractivity contribution in [2.75, 3.05) is 21.3 Å². The van der Waals surface area contributed by atoms with Crippen LogP contribution in [0.2, 0.25) is 0 Å². The first-order chi connectivity index (χ1) is 10.5. The molecule has 4 nitrogen and oxygen atoms in total. The van der Waals surface area contributed by atoms with Gasteiger partial charge in [0.1, 0.15) is 11.5 Å². The summed E-state index contributed by atoms with van der Waals surface area (Å²) < 4.78 is 11.7. The summed E-state index contributed by atoms with van der Waals surface area (Å²) in [6.45, 7) is 0.470. The molecular formula is C17H18INO3. The average molecular weight is 411 g/mol. The topological polar surface area (TPSA) is 38.8 Å². The van der Waals surface area contributed by atoms with E-state index in [1.807, 2.05) is 42.5 Å². The van der Waals surface area contributed by atoms with Gasteiger partial charge in [-0.2, -0.15) is 0 Å². The first-order valence-electron chi connectivity index (χ1n) is 6.77. The minimum absolute atomic E-state index is 0.0192. The van der Waals surface area contributed by atoms with Crippen LogP contribution in [0.3, 0.4) is 0 Å². The fourth-order valence-electron chi connectivity index (χ4n) is 2.12. The van der Waals surface area contributed by atoms with Crippen molar-refractivity contribution in [2.24, 2.45) is 0 Å². The number of hydrogen-bond donors (Lipinski definition) is 0. The van der Waals surface area contributed by atoms with E-state index in [0.29, 0.717) is 17.9 Å². The number of amides is 1. The molecule has 0 radical (unpaired) electrons. The Balaban J connectivity index is 2.16. The molecule has 0 fully saturated rings. The highest BCUT2D eigenvalue weighted by Gasteiger charge is 2.14. The number of carbonyl (C=O) groups excluding carboxylic acids is 1. The van der Waals surface area contributed by atoms with Crippen molar-refractivity contribution in [3.8, 4) is 11.5 Å². The highest BCUT2D eigenvalue weighted by Crippen LogP contribution is 2.25. The van der Waals surface area contributed by atoms with Gasteiger partial charge in [-0.15, -0.1) is 0 Å². The minimum Gasteiger partial charge on any atom is -0.497 e. The second-order valence-corrected chi connectivity index (χ2v) is 6.09. The van der Waals surface area contributed by atoms with Gasteiger partial charge in [0.05, 0.1) is 14.2 Å². The van der Waals surface area contributed by atoms with Crippen LogP contribution in [0.5, 0.6) is 11.5 Å². The van der Waals surface area contributed by atoms with E-state index >= 15 is 0 Å². The van der Waals surface area contributed by atoms with E-state index in [4.69, 9.17) is 9.47 Å². The van der Waals surface area contributed by atoms with Gasteiger partial charge in [0.2, 0.25) is 0 Å². The zero-order chi connectivity index (χ0) is 16.1. The lowest BCUT2D eigenvalue weighted by Gasteiger charge is -2.19. The Morgan fingerprint density at radius 2 is 1.77 bits per heavy atom. The maximum absolute atomic E-state index is 12.4. The molecule has 2 aromatic rings. The van der Waals surface area contributed by atoms with E-state index in [0.717, 1.165) is 14.9 Å². The summed E-state index contributed by atoms with van der Waals surface area (Å²) in [5.41, 5.74) is 1.61. The Morgan fingerprint density at radius 3 is 2.36 bits per heavy atom. The molecule has 22 heavy (non-hydrogen) atoms. The lowest BCUT2D eigenvalue weighted by Crippen LogP contribution is -2.26. The molecule has 0 unspecified atom stereocenters. The third-order valence-corrected chi connectivity index (χ3v) is 4.06. The van der Waals surface area contributed by atoms with E-state index in [2.05, 4.69) is 22.6 Å². The van der Waals surface area contributed by atoms with Crippen LogP contribution in [0.15, 0.2) is 42.5 Å². The Kier molecular flexibility index (Phi) is 5.65. The van der Waals surface area contributed by atoms with Crippen molar-refractivity contribution >= 4 is 28.5 Å². The largest absolute Gasteiger partial charge is 0.497 e. The van der Waals surface area contributed by atoms with Gasteiger partial charge >= 0.3 is 0 Å². The third-order valence-electron chi connectivity index (χ3n) is 3.34. The number of rotatable bonds is 5. The van der Waals surface area contributed by atoms with Gasteiger partial charge in [-0.3, -0.25) is 4.79 Å². The third kappa shape index (κ3) is 3.91. The fourth-order valence-corrected chi connectivity index (χ4v) is 2.48. The molecule has 0 N–H and O–H groups in total. The summed E-state index contributed by atoms with van der Waals surface area (Å²) in [4.78, 5) is 14.1. The van der Waals surface area contributed by atoms with E-state index < -0.39 is 0 Å². The fraction of sp³-hybridized carbons (Fsp3) is 0.235.